The summed E-state index contributed by atoms with van der Waals surface area (Å²) < 4.78 is 26.8. The van der Waals surface area contributed by atoms with Gasteiger partial charge in [-0.15, -0.1) is 0 Å². The Hall–Kier alpha value is -2.87. The maximum absolute atomic E-state index is 13.8. The largest absolute Gasteiger partial charge is 0.352 e. The SMILES string of the molecule is CC[C@H](C(=O)NC1CCCC1)N(Cc1ccc(C)cc1)C(=O)CN(c1ccc(C)cc1C)S(C)(=O)=O. The zero-order valence-electron chi connectivity index (χ0n) is 22.1. The van der Waals surface area contributed by atoms with Crippen LogP contribution in [0.25, 0.3) is 0 Å². The highest BCUT2D eigenvalue weighted by Crippen LogP contribution is 2.25. The molecule has 0 saturated heterocycles. The molecule has 36 heavy (non-hydrogen) atoms. The molecule has 1 fully saturated rings. The van der Waals surface area contributed by atoms with Gasteiger partial charge >= 0.3 is 0 Å². The Morgan fingerprint density at radius 1 is 1.00 bits per heavy atom. The molecule has 1 atom stereocenters. The number of carbonyl (C=O) groups is 2. The van der Waals surface area contributed by atoms with E-state index in [1.54, 1.807) is 6.07 Å². The molecule has 7 nitrogen and oxygen atoms in total. The zero-order chi connectivity index (χ0) is 26.5. The second-order valence-electron chi connectivity index (χ2n) is 9.98. The first-order valence-electron chi connectivity index (χ1n) is 12.7. The van der Waals surface area contributed by atoms with E-state index in [0.29, 0.717) is 12.1 Å². The lowest BCUT2D eigenvalue weighted by Gasteiger charge is -2.33. The quantitative estimate of drug-likeness (QED) is 0.515. The molecule has 0 heterocycles. The van der Waals surface area contributed by atoms with E-state index in [4.69, 9.17) is 0 Å². The smallest absolute Gasteiger partial charge is 0.244 e. The van der Waals surface area contributed by atoms with E-state index < -0.39 is 22.0 Å². The number of anilines is 1. The normalized spacial score (nSPS) is 14.9. The highest BCUT2D eigenvalue weighted by Gasteiger charge is 2.33. The van der Waals surface area contributed by atoms with Crippen LogP contribution < -0.4 is 9.62 Å². The van der Waals surface area contributed by atoms with Crippen LogP contribution in [0.3, 0.4) is 0 Å². The molecule has 2 aromatic rings. The minimum absolute atomic E-state index is 0.130. The Morgan fingerprint density at radius 2 is 1.61 bits per heavy atom. The molecule has 1 N–H and O–H groups in total. The zero-order valence-corrected chi connectivity index (χ0v) is 22.9. The van der Waals surface area contributed by atoms with Gasteiger partial charge in [-0.1, -0.05) is 67.3 Å². The molecule has 0 aliphatic heterocycles. The van der Waals surface area contributed by atoms with Crippen LogP contribution in [-0.2, 0) is 26.2 Å². The van der Waals surface area contributed by atoms with Crippen molar-refractivity contribution in [2.24, 2.45) is 0 Å². The summed E-state index contributed by atoms with van der Waals surface area (Å²) in [5, 5.41) is 3.13. The molecule has 3 rings (SSSR count). The molecule has 0 bridgehead atoms. The maximum atomic E-state index is 13.8. The summed E-state index contributed by atoms with van der Waals surface area (Å²) in [7, 11) is -3.75. The predicted octanol–water partition coefficient (Wildman–Crippen LogP) is 4.24. The highest BCUT2D eigenvalue weighted by atomic mass is 32.2. The molecule has 196 valence electrons. The lowest BCUT2D eigenvalue weighted by Crippen LogP contribution is -2.53. The molecule has 1 saturated carbocycles. The fraction of sp³-hybridized carbons (Fsp3) is 0.500. The lowest BCUT2D eigenvalue weighted by atomic mass is 10.1. The number of rotatable bonds is 10. The van der Waals surface area contributed by atoms with Gasteiger partial charge in [0, 0.05) is 12.6 Å². The molecular weight excluding hydrogens is 474 g/mol. The second-order valence-corrected chi connectivity index (χ2v) is 11.9. The molecule has 0 aromatic heterocycles. The lowest BCUT2D eigenvalue weighted by molar-refractivity contribution is -0.140. The van der Waals surface area contributed by atoms with Crippen molar-refractivity contribution in [3.63, 3.8) is 0 Å². The first kappa shape index (κ1) is 27.7. The Kier molecular flexibility index (Phi) is 9.17. The number of hydrogen-bond acceptors (Lipinski definition) is 4. The van der Waals surface area contributed by atoms with Crippen LogP contribution in [0, 0.1) is 20.8 Å². The highest BCUT2D eigenvalue weighted by molar-refractivity contribution is 7.92. The number of sulfonamides is 1. The van der Waals surface area contributed by atoms with Crippen molar-refractivity contribution >= 4 is 27.5 Å². The molecule has 2 aromatic carbocycles. The molecule has 0 radical (unpaired) electrons. The Labute approximate surface area is 215 Å². The molecule has 2 amide bonds. The number of amides is 2. The standard InChI is InChI=1S/C28H39N3O4S/c1-6-25(28(33)29-24-9-7-8-10-24)30(18-23-14-11-20(2)12-15-23)27(32)19-31(36(5,34)35)26-16-13-21(3)17-22(26)4/h11-17,24-25H,6-10,18-19H2,1-5H3,(H,29,33)/t25-/m1/s1. The average Bonchev–Trinajstić information content (AvgIpc) is 3.31. The van der Waals surface area contributed by atoms with E-state index in [0.717, 1.165) is 58.5 Å². The van der Waals surface area contributed by atoms with E-state index in [2.05, 4.69) is 5.32 Å². The van der Waals surface area contributed by atoms with Crippen molar-refractivity contribution in [3.05, 3.63) is 64.7 Å². The number of aryl methyl sites for hydroxylation is 3. The van der Waals surface area contributed by atoms with Crippen LogP contribution in [0.15, 0.2) is 42.5 Å². The van der Waals surface area contributed by atoms with Gasteiger partial charge < -0.3 is 10.2 Å². The van der Waals surface area contributed by atoms with Crippen molar-refractivity contribution in [2.75, 3.05) is 17.1 Å². The van der Waals surface area contributed by atoms with Crippen LogP contribution in [0.1, 0.15) is 61.3 Å². The third-order valence-electron chi connectivity index (χ3n) is 6.86. The van der Waals surface area contributed by atoms with E-state index in [-0.39, 0.29) is 25.0 Å². The first-order chi connectivity index (χ1) is 17.0. The average molecular weight is 514 g/mol. The minimum Gasteiger partial charge on any atom is -0.352 e. The van der Waals surface area contributed by atoms with Gasteiger partial charge in [-0.25, -0.2) is 8.42 Å². The van der Waals surface area contributed by atoms with E-state index in [9.17, 15) is 18.0 Å². The van der Waals surface area contributed by atoms with Crippen molar-refractivity contribution in [2.45, 2.75) is 78.4 Å². The number of benzene rings is 2. The van der Waals surface area contributed by atoms with E-state index in [1.165, 1.54) is 4.90 Å². The second kappa shape index (κ2) is 11.9. The van der Waals surface area contributed by atoms with Crippen LogP contribution >= 0.6 is 0 Å². The third kappa shape index (κ3) is 7.09. The Morgan fingerprint density at radius 3 is 2.17 bits per heavy atom. The molecular formula is C28H39N3O4S. The summed E-state index contributed by atoms with van der Waals surface area (Å²) in [5.41, 5.74) is 4.23. The van der Waals surface area contributed by atoms with Gasteiger partial charge in [0.2, 0.25) is 21.8 Å². The van der Waals surface area contributed by atoms with Gasteiger partial charge in [0.05, 0.1) is 11.9 Å². The van der Waals surface area contributed by atoms with Crippen LogP contribution in [-0.4, -0.2) is 50.0 Å². The van der Waals surface area contributed by atoms with Crippen molar-refractivity contribution in [1.29, 1.82) is 0 Å². The number of nitrogens with zero attached hydrogens (tertiary/aromatic N) is 2. The monoisotopic (exact) mass is 513 g/mol. The third-order valence-corrected chi connectivity index (χ3v) is 7.99. The molecule has 0 spiro atoms. The summed E-state index contributed by atoms with van der Waals surface area (Å²) in [5.74, 6) is -0.586. The van der Waals surface area contributed by atoms with Crippen LogP contribution in [0.4, 0.5) is 5.69 Å². The molecule has 8 heteroatoms. The van der Waals surface area contributed by atoms with Crippen molar-refractivity contribution < 1.29 is 18.0 Å². The summed E-state index contributed by atoms with van der Waals surface area (Å²) in [4.78, 5) is 28.7. The Bertz CT molecular complexity index is 1170. The van der Waals surface area contributed by atoms with Gasteiger partial charge in [-0.2, -0.15) is 0 Å². The topological polar surface area (TPSA) is 86.8 Å². The fourth-order valence-corrected chi connectivity index (χ4v) is 5.76. The summed E-state index contributed by atoms with van der Waals surface area (Å²) in [6.07, 6.45) is 5.61. The van der Waals surface area contributed by atoms with Crippen LogP contribution in [0.2, 0.25) is 0 Å². The van der Waals surface area contributed by atoms with Crippen LogP contribution in [0.5, 0.6) is 0 Å². The molecule has 1 aliphatic carbocycles. The maximum Gasteiger partial charge on any atom is 0.244 e. The first-order valence-corrected chi connectivity index (χ1v) is 14.5. The molecule has 1 aliphatic rings. The van der Waals surface area contributed by atoms with E-state index in [1.807, 2.05) is 64.1 Å². The van der Waals surface area contributed by atoms with Gasteiger partial charge in [-0.05, 0) is 57.2 Å². The summed E-state index contributed by atoms with van der Waals surface area (Å²) >= 11 is 0. The summed E-state index contributed by atoms with van der Waals surface area (Å²) in [6.45, 7) is 7.49. The summed E-state index contributed by atoms with van der Waals surface area (Å²) in [6, 6.07) is 12.7. The fourth-order valence-electron chi connectivity index (χ4n) is 4.86. The number of nitrogens with one attached hydrogen (secondary N) is 1. The van der Waals surface area contributed by atoms with Crippen molar-refractivity contribution in [3.8, 4) is 0 Å². The number of carbonyl (C=O) groups excluding carboxylic acids is 2. The van der Waals surface area contributed by atoms with Gasteiger partial charge in [-0.3, -0.25) is 13.9 Å². The minimum atomic E-state index is -3.75. The number of hydrogen-bond donors (Lipinski definition) is 1. The van der Waals surface area contributed by atoms with Gasteiger partial charge in [0.25, 0.3) is 0 Å². The van der Waals surface area contributed by atoms with Gasteiger partial charge in [0.15, 0.2) is 0 Å². The predicted molar refractivity (Wildman–Crippen MR) is 144 cm³/mol. The molecule has 0 unspecified atom stereocenters. The van der Waals surface area contributed by atoms with Gasteiger partial charge in [0.1, 0.15) is 12.6 Å². The van der Waals surface area contributed by atoms with Crippen molar-refractivity contribution in [1.82, 2.24) is 10.2 Å². The Balaban J connectivity index is 1.93. The van der Waals surface area contributed by atoms with E-state index >= 15 is 0 Å².